The molecule has 1 aliphatic heterocycles. The van der Waals surface area contributed by atoms with E-state index in [4.69, 9.17) is 4.74 Å². The third-order valence-corrected chi connectivity index (χ3v) is 4.37. The molecule has 0 amide bonds. The van der Waals surface area contributed by atoms with Crippen LogP contribution in [0, 0.1) is 0 Å². The summed E-state index contributed by atoms with van der Waals surface area (Å²) < 4.78 is 5.53. The van der Waals surface area contributed by atoms with E-state index in [9.17, 15) is 5.11 Å². The molecule has 2 rings (SSSR count). The average molecular weight is 306 g/mol. The van der Waals surface area contributed by atoms with Gasteiger partial charge in [0.15, 0.2) is 0 Å². The van der Waals surface area contributed by atoms with E-state index in [1.165, 1.54) is 43.5 Å². The predicted octanol–water partition coefficient (Wildman–Crippen LogP) is 2.71. The van der Waals surface area contributed by atoms with Crippen LogP contribution < -0.4 is 10.1 Å². The number of piperidine rings is 1. The molecular formula is C18H30N2O2. The molecule has 124 valence electrons. The minimum absolute atomic E-state index is 0.223. The van der Waals surface area contributed by atoms with Crippen molar-refractivity contribution in [3.8, 4) is 5.75 Å². The summed E-state index contributed by atoms with van der Waals surface area (Å²) in [5, 5.41) is 12.8. The lowest BCUT2D eigenvalue weighted by molar-refractivity contribution is 0.187. The fourth-order valence-electron chi connectivity index (χ4n) is 3.02. The smallest absolute Gasteiger partial charge is 0.123 e. The summed E-state index contributed by atoms with van der Waals surface area (Å²) in [7, 11) is 1.74. The first-order chi connectivity index (χ1) is 10.6. The molecule has 0 saturated carbocycles. The van der Waals surface area contributed by atoms with E-state index >= 15 is 0 Å². The number of nitrogens with one attached hydrogen (secondary N) is 1. The third-order valence-electron chi connectivity index (χ3n) is 4.37. The Hall–Kier alpha value is -1.10. The maximum Gasteiger partial charge on any atom is 0.123 e. The normalized spacial score (nSPS) is 18.9. The van der Waals surface area contributed by atoms with E-state index < -0.39 is 0 Å². The van der Waals surface area contributed by atoms with E-state index in [1.807, 2.05) is 0 Å². The van der Waals surface area contributed by atoms with Crippen LogP contribution in [-0.2, 0) is 6.54 Å². The maximum absolute atomic E-state index is 9.41. The Kier molecular flexibility index (Phi) is 6.68. The summed E-state index contributed by atoms with van der Waals surface area (Å²) >= 11 is 0. The summed E-state index contributed by atoms with van der Waals surface area (Å²) in [6.07, 6.45) is 3.63. The van der Waals surface area contributed by atoms with Gasteiger partial charge in [-0.1, -0.05) is 12.5 Å². The molecule has 1 heterocycles. The van der Waals surface area contributed by atoms with Crippen molar-refractivity contribution in [2.45, 2.75) is 51.8 Å². The zero-order valence-corrected chi connectivity index (χ0v) is 14.1. The second-order valence-corrected chi connectivity index (χ2v) is 6.39. The van der Waals surface area contributed by atoms with Crippen molar-refractivity contribution < 1.29 is 9.84 Å². The van der Waals surface area contributed by atoms with Gasteiger partial charge in [0.1, 0.15) is 5.75 Å². The molecule has 1 saturated heterocycles. The van der Waals surface area contributed by atoms with E-state index in [0.717, 1.165) is 12.3 Å². The molecule has 4 heteroatoms. The minimum Gasteiger partial charge on any atom is -0.496 e. The van der Waals surface area contributed by atoms with E-state index in [0.29, 0.717) is 6.54 Å². The zero-order valence-electron chi connectivity index (χ0n) is 14.1. The van der Waals surface area contributed by atoms with Crippen molar-refractivity contribution in [1.82, 2.24) is 10.2 Å². The van der Waals surface area contributed by atoms with Gasteiger partial charge >= 0.3 is 0 Å². The highest BCUT2D eigenvalue weighted by atomic mass is 16.5. The lowest BCUT2D eigenvalue weighted by atomic mass is 10.0. The fraction of sp³-hybridized carbons (Fsp3) is 0.667. The molecule has 2 N–H and O–H groups in total. The molecule has 0 aliphatic carbocycles. The average Bonchev–Trinajstić information content (AvgIpc) is 2.53. The molecule has 1 aromatic rings. The molecule has 2 unspecified atom stereocenters. The van der Waals surface area contributed by atoms with Crippen LogP contribution in [0.5, 0.6) is 5.75 Å². The van der Waals surface area contributed by atoms with Crippen molar-refractivity contribution in [3.05, 3.63) is 29.3 Å². The number of hydrogen-bond donors (Lipinski definition) is 2. The highest BCUT2D eigenvalue weighted by molar-refractivity contribution is 5.38. The Morgan fingerprint density at radius 1 is 1.23 bits per heavy atom. The van der Waals surface area contributed by atoms with Crippen LogP contribution in [0.25, 0.3) is 0 Å². The molecular weight excluding hydrogens is 276 g/mol. The van der Waals surface area contributed by atoms with Crippen molar-refractivity contribution in [3.63, 3.8) is 0 Å². The van der Waals surface area contributed by atoms with Crippen LogP contribution in [0.2, 0.25) is 0 Å². The zero-order chi connectivity index (χ0) is 15.9. The first-order valence-electron chi connectivity index (χ1n) is 8.40. The molecule has 2 atom stereocenters. The summed E-state index contributed by atoms with van der Waals surface area (Å²) in [6.45, 7) is 7.87. The molecule has 0 spiro atoms. The molecule has 1 fully saturated rings. The van der Waals surface area contributed by atoms with E-state index in [1.54, 1.807) is 14.0 Å². The van der Waals surface area contributed by atoms with Crippen LogP contribution in [0.1, 0.15) is 50.3 Å². The second-order valence-electron chi connectivity index (χ2n) is 6.39. The van der Waals surface area contributed by atoms with Gasteiger partial charge in [0.25, 0.3) is 0 Å². The quantitative estimate of drug-likeness (QED) is 0.813. The monoisotopic (exact) mass is 306 g/mol. The molecule has 4 nitrogen and oxygen atoms in total. The number of aliphatic hydroxyl groups is 1. The lowest BCUT2D eigenvalue weighted by Crippen LogP contribution is -2.29. The number of hydrogen-bond acceptors (Lipinski definition) is 4. The van der Waals surface area contributed by atoms with Gasteiger partial charge in [-0.15, -0.1) is 0 Å². The topological polar surface area (TPSA) is 44.7 Å². The second kappa shape index (κ2) is 8.51. The Labute approximate surface area is 134 Å². The summed E-state index contributed by atoms with van der Waals surface area (Å²) in [6, 6.07) is 6.64. The first kappa shape index (κ1) is 17.3. The Bertz CT molecular complexity index is 456. The summed E-state index contributed by atoms with van der Waals surface area (Å²) in [4.78, 5) is 2.51. The molecule has 0 radical (unpaired) electrons. The number of aliphatic hydroxyl groups excluding tert-OH is 1. The highest BCUT2D eigenvalue weighted by Crippen LogP contribution is 2.25. The minimum atomic E-state index is -0.325. The van der Waals surface area contributed by atoms with Crippen LogP contribution in [0.3, 0.4) is 0 Å². The number of rotatable bonds is 7. The molecule has 1 aromatic carbocycles. The van der Waals surface area contributed by atoms with Gasteiger partial charge in [0, 0.05) is 24.7 Å². The van der Waals surface area contributed by atoms with Gasteiger partial charge < -0.3 is 15.2 Å². The molecule has 0 aromatic heterocycles. The van der Waals surface area contributed by atoms with Crippen LogP contribution >= 0.6 is 0 Å². The van der Waals surface area contributed by atoms with Crippen molar-refractivity contribution in [2.75, 3.05) is 26.7 Å². The molecule has 0 bridgehead atoms. The highest BCUT2D eigenvalue weighted by Gasteiger charge is 2.15. The van der Waals surface area contributed by atoms with Gasteiger partial charge in [-0.3, -0.25) is 4.90 Å². The Morgan fingerprint density at radius 2 is 1.95 bits per heavy atom. The maximum atomic E-state index is 9.41. The Balaban J connectivity index is 2.07. The van der Waals surface area contributed by atoms with Crippen molar-refractivity contribution in [1.29, 1.82) is 0 Å². The van der Waals surface area contributed by atoms with Gasteiger partial charge in [0.2, 0.25) is 0 Å². The lowest BCUT2D eigenvalue weighted by Gasteiger charge is -2.27. The Morgan fingerprint density at radius 3 is 2.59 bits per heavy atom. The van der Waals surface area contributed by atoms with E-state index in [-0.39, 0.29) is 12.1 Å². The number of nitrogens with zero attached hydrogens (tertiary/aromatic N) is 1. The van der Waals surface area contributed by atoms with Crippen molar-refractivity contribution >= 4 is 0 Å². The number of methoxy groups -OCH3 is 1. The summed E-state index contributed by atoms with van der Waals surface area (Å²) in [5.41, 5.74) is 2.50. The fourth-order valence-corrected chi connectivity index (χ4v) is 3.02. The SMILES string of the molecule is COc1ccc(C(C)NCC(C)O)cc1CN1CCCCC1. The third kappa shape index (κ3) is 4.97. The largest absolute Gasteiger partial charge is 0.496 e. The van der Waals surface area contributed by atoms with Crippen LogP contribution in [-0.4, -0.2) is 42.9 Å². The molecule has 22 heavy (non-hydrogen) atoms. The van der Waals surface area contributed by atoms with Gasteiger partial charge in [-0.2, -0.15) is 0 Å². The van der Waals surface area contributed by atoms with Crippen LogP contribution in [0.15, 0.2) is 18.2 Å². The van der Waals surface area contributed by atoms with Crippen LogP contribution in [0.4, 0.5) is 0 Å². The van der Waals surface area contributed by atoms with Crippen molar-refractivity contribution in [2.24, 2.45) is 0 Å². The number of benzene rings is 1. The predicted molar refractivity (Wildman–Crippen MR) is 90.2 cm³/mol. The molecule has 1 aliphatic rings. The summed E-state index contributed by atoms with van der Waals surface area (Å²) in [5.74, 6) is 0.969. The number of likely N-dealkylation sites (tertiary alicyclic amines) is 1. The number of ether oxygens (including phenoxy) is 1. The first-order valence-corrected chi connectivity index (χ1v) is 8.40. The van der Waals surface area contributed by atoms with Gasteiger partial charge in [-0.25, -0.2) is 0 Å². The van der Waals surface area contributed by atoms with E-state index in [2.05, 4.69) is 35.3 Å². The standard InChI is InChI=1S/C18H30N2O2/c1-14(21)12-19-15(2)16-7-8-18(22-3)17(11-16)13-20-9-5-4-6-10-20/h7-8,11,14-15,19,21H,4-6,9-10,12-13H2,1-3H3. The van der Waals surface area contributed by atoms with Gasteiger partial charge in [-0.05, 0) is 57.5 Å². The van der Waals surface area contributed by atoms with Gasteiger partial charge in [0.05, 0.1) is 13.2 Å².